The maximum Gasteiger partial charge on any atom is 0.336 e. The van der Waals surface area contributed by atoms with Crippen molar-refractivity contribution in [3.05, 3.63) is 41.2 Å². The summed E-state index contributed by atoms with van der Waals surface area (Å²) in [4.78, 5) is 18.7. The maximum absolute atomic E-state index is 13.3. The number of aromatic amines is 1. The standard InChI is InChI=1S/C13H13F2N5O4S/c1-6-11(10(21)5-25(22,23)24-20-13(16)17)19-12(18-6)7-2-8(14)4-9(15)3-7/h2-4H,5H2,1H3,(H,18,19)(H4,16,17,20). The van der Waals surface area contributed by atoms with Crippen LogP contribution in [0, 0.1) is 18.6 Å². The molecule has 25 heavy (non-hydrogen) atoms. The van der Waals surface area contributed by atoms with E-state index in [-0.39, 0.29) is 22.8 Å². The van der Waals surface area contributed by atoms with Crippen LogP contribution in [0.3, 0.4) is 0 Å². The third-order valence-corrected chi connectivity index (χ3v) is 3.77. The lowest BCUT2D eigenvalue weighted by Gasteiger charge is -2.00. The highest BCUT2D eigenvalue weighted by Gasteiger charge is 2.24. The highest BCUT2D eigenvalue weighted by Crippen LogP contribution is 2.21. The van der Waals surface area contributed by atoms with Gasteiger partial charge >= 0.3 is 10.1 Å². The first-order chi connectivity index (χ1) is 11.6. The molecule has 0 amide bonds. The molecule has 0 aliphatic carbocycles. The number of aryl methyl sites for hydroxylation is 1. The molecule has 2 rings (SSSR count). The number of aromatic nitrogens is 2. The molecule has 0 saturated carbocycles. The minimum absolute atomic E-state index is 0.00166. The molecule has 1 aromatic heterocycles. The van der Waals surface area contributed by atoms with E-state index in [1.807, 2.05) is 0 Å². The third-order valence-electron chi connectivity index (χ3n) is 2.85. The van der Waals surface area contributed by atoms with Crippen LogP contribution in [0.1, 0.15) is 16.2 Å². The van der Waals surface area contributed by atoms with Gasteiger partial charge in [-0.3, -0.25) is 9.08 Å². The number of nitrogens with two attached hydrogens (primary N) is 2. The summed E-state index contributed by atoms with van der Waals surface area (Å²) in [5, 5.41) is 2.86. The first kappa shape index (κ1) is 18.3. The van der Waals surface area contributed by atoms with Gasteiger partial charge in [0.05, 0.1) is 0 Å². The SMILES string of the molecule is Cc1[nH]c(-c2cc(F)cc(F)c2)nc1C(=O)CS(=O)(=O)ON=C(N)N. The average molecular weight is 373 g/mol. The van der Waals surface area contributed by atoms with Crippen LogP contribution in [0.5, 0.6) is 0 Å². The second-order valence-corrected chi connectivity index (χ2v) is 6.49. The van der Waals surface area contributed by atoms with Crippen molar-refractivity contribution in [2.45, 2.75) is 6.92 Å². The van der Waals surface area contributed by atoms with Crippen molar-refractivity contribution < 1.29 is 26.3 Å². The number of H-pyrrole nitrogens is 1. The van der Waals surface area contributed by atoms with E-state index in [1.165, 1.54) is 6.92 Å². The minimum atomic E-state index is -4.38. The third kappa shape index (κ3) is 4.73. The first-order valence-electron chi connectivity index (χ1n) is 6.64. The Morgan fingerprint density at radius 2 is 1.88 bits per heavy atom. The van der Waals surface area contributed by atoms with Crippen molar-refractivity contribution in [2.75, 3.05) is 5.75 Å². The second kappa shape index (κ2) is 6.84. The van der Waals surface area contributed by atoms with E-state index in [1.54, 1.807) is 0 Å². The number of imidazole rings is 1. The zero-order valence-electron chi connectivity index (χ0n) is 12.8. The predicted molar refractivity (Wildman–Crippen MR) is 83.7 cm³/mol. The number of ketones is 1. The molecule has 0 radical (unpaired) electrons. The van der Waals surface area contributed by atoms with Gasteiger partial charge in [0.1, 0.15) is 23.2 Å². The number of Topliss-reactive ketones (excluding diaryl/α,β-unsaturated/α-hetero) is 1. The van der Waals surface area contributed by atoms with Gasteiger partial charge in [0.15, 0.2) is 5.75 Å². The number of carbonyl (C=O) groups is 1. The number of hydrogen-bond donors (Lipinski definition) is 3. The van der Waals surface area contributed by atoms with Crippen LogP contribution in [0.4, 0.5) is 8.78 Å². The Morgan fingerprint density at radius 3 is 2.44 bits per heavy atom. The van der Waals surface area contributed by atoms with Gasteiger partial charge in [-0.1, -0.05) is 0 Å². The summed E-state index contributed by atoms with van der Waals surface area (Å²) >= 11 is 0. The van der Waals surface area contributed by atoms with Crippen LogP contribution in [0.2, 0.25) is 0 Å². The van der Waals surface area contributed by atoms with E-state index in [9.17, 15) is 22.0 Å². The van der Waals surface area contributed by atoms with Crippen molar-refractivity contribution in [3.8, 4) is 11.4 Å². The van der Waals surface area contributed by atoms with E-state index < -0.39 is 39.2 Å². The summed E-state index contributed by atoms with van der Waals surface area (Å²) in [6.07, 6.45) is 0. The molecule has 2 aromatic rings. The fraction of sp³-hybridized carbons (Fsp3) is 0.154. The highest BCUT2D eigenvalue weighted by molar-refractivity contribution is 7.87. The fourth-order valence-electron chi connectivity index (χ4n) is 1.91. The molecule has 9 nitrogen and oxygen atoms in total. The number of nitrogens with zero attached hydrogens (tertiary/aromatic N) is 2. The van der Waals surface area contributed by atoms with Crippen molar-refractivity contribution >= 4 is 21.9 Å². The summed E-state index contributed by atoms with van der Waals surface area (Å²) in [6, 6.07) is 2.70. The number of hydrogen-bond acceptors (Lipinski definition) is 6. The van der Waals surface area contributed by atoms with Gasteiger partial charge in [-0.15, -0.1) is 0 Å². The van der Waals surface area contributed by atoms with Crippen LogP contribution in [-0.4, -0.2) is 35.9 Å². The largest absolute Gasteiger partial charge is 0.367 e. The summed E-state index contributed by atoms with van der Waals surface area (Å²) in [5.41, 5.74) is 9.90. The molecule has 0 unspecified atom stereocenters. The van der Waals surface area contributed by atoms with Crippen molar-refractivity contribution in [2.24, 2.45) is 16.6 Å². The smallest absolute Gasteiger partial charge is 0.336 e. The van der Waals surface area contributed by atoms with E-state index in [0.29, 0.717) is 6.07 Å². The number of oxime groups is 1. The van der Waals surface area contributed by atoms with Gasteiger partial charge in [-0.2, -0.15) is 8.42 Å². The first-order valence-corrected chi connectivity index (χ1v) is 8.21. The van der Waals surface area contributed by atoms with Crippen LogP contribution < -0.4 is 11.5 Å². The Balaban J connectivity index is 2.27. The summed E-state index contributed by atoms with van der Waals surface area (Å²) in [5.74, 6) is -4.28. The Labute approximate surface area is 140 Å². The summed E-state index contributed by atoms with van der Waals surface area (Å²) in [7, 11) is -4.38. The molecule has 0 aliphatic rings. The van der Waals surface area contributed by atoms with Gasteiger partial charge < -0.3 is 16.5 Å². The van der Waals surface area contributed by atoms with Gasteiger partial charge in [0.2, 0.25) is 11.7 Å². The Morgan fingerprint density at radius 1 is 1.28 bits per heavy atom. The molecule has 0 bridgehead atoms. The Bertz CT molecular complexity index is 931. The highest BCUT2D eigenvalue weighted by atomic mass is 32.2. The minimum Gasteiger partial charge on any atom is -0.367 e. The van der Waals surface area contributed by atoms with Crippen molar-refractivity contribution in [3.63, 3.8) is 0 Å². The Kier molecular flexibility index (Phi) is 5.02. The quantitative estimate of drug-likeness (QED) is 0.286. The molecule has 0 saturated heterocycles. The van der Waals surface area contributed by atoms with E-state index in [0.717, 1.165) is 12.1 Å². The monoisotopic (exact) mass is 373 g/mol. The van der Waals surface area contributed by atoms with Gasteiger partial charge in [-0.25, -0.2) is 13.8 Å². The fourth-order valence-corrected chi connectivity index (χ4v) is 2.62. The molecule has 5 N–H and O–H groups in total. The lowest BCUT2D eigenvalue weighted by atomic mass is 10.2. The molecule has 12 heteroatoms. The molecule has 1 aromatic carbocycles. The number of rotatable bonds is 6. The molecule has 1 heterocycles. The van der Waals surface area contributed by atoms with E-state index in [4.69, 9.17) is 11.5 Å². The van der Waals surface area contributed by atoms with E-state index in [2.05, 4.69) is 19.4 Å². The van der Waals surface area contributed by atoms with E-state index >= 15 is 0 Å². The molecule has 0 atom stereocenters. The van der Waals surface area contributed by atoms with Crippen LogP contribution in [0.15, 0.2) is 23.4 Å². The molecule has 134 valence electrons. The number of halogens is 2. The lowest BCUT2D eigenvalue weighted by Crippen LogP contribution is -2.25. The zero-order chi connectivity index (χ0) is 18.8. The van der Waals surface area contributed by atoms with Gasteiger partial charge in [0.25, 0.3) is 0 Å². The summed E-state index contributed by atoms with van der Waals surface area (Å²) in [6.45, 7) is 1.45. The normalized spacial score (nSPS) is 11.2. The number of benzene rings is 1. The lowest BCUT2D eigenvalue weighted by molar-refractivity contribution is 0.101. The predicted octanol–water partition coefficient (Wildman–Crippen LogP) is 0.381. The molecule has 0 aliphatic heterocycles. The van der Waals surface area contributed by atoms with Crippen molar-refractivity contribution in [1.29, 1.82) is 0 Å². The molecular formula is C13H13F2N5O4S. The zero-order valence-corrected chi connectivity index (χ0v) is 13.6. The molecule has 0 spiro atoms. The molecule has 0 fully saturated rings. The Hall–Kier alpha value is -3.02. The van der Waals surface area contributed by atoms with Crippen LogP contribution in [-0.2, 0) is 14.4 Å². The molecular weight excluding hydrogens is 360 g/mol. The number of nitrogens with one attached hydrogen (secondary N) is 1. The number of carbonyl (C=O) groups excluding carboxylic acids is 1. The number of guanidine groups is 1. The van der Waals surface area contributed by atoms with Crippen molar-refractivity contribution in [1.82, 2.24) is 9.97 Å². The van der Waals surface area contributed by atoms with Gasteiger partial charge in [-0.05, 0) is 24.2 Å². The van der Waals surface area contributed by atoms with Crippen LogP contribution in [0.25, 0.3) is 11.4 Å². The second-order valence-electron chi connectivity index (χ2n) is 4.93. The topological polar surface area (TPSA) is 154 Å². The maximum atomic E-state index is 13.3. The van der Waals surface area contributed by atoms with Crippen LogP contribution >= 0.6 is 0 Å². The average Bonchev–Trinajstić information content (AvgIpc) is 2.86. The van der Waals surface area contributed by atoms with Gasteiger partial charge in [0, 0.05) is 17.3 Å². The summed E-state index contributed by atoms with van der Waals surface area (Å²) < 4.78 is 53.8.